The molecule has 4 aromatic rings. The Morgan fingerprint density at radius 2 is 1.84 bits per heavy atom. The van der Waals surface area contributed by atoms with E-state index in [-0.39, 0.29) is 5.91 Å². The van der Waals surface area contributed by atoms with Gasteiger partial charge in [-0.05, 0) is 44.8 Å². The Hall–Kier alpha value is -4.44. The van der Waals surface area contributed by atoms with E-state index in [0.717, 1.165) is 16.5 Å². The number of esters is 1. The number of likely N-dealkylation sites (N-methyl/N-ethyl adjacent to an activating group) is 2. The van der Waals surface area contributed by atoms with Crippen LogP contribution in [0.2, 0.25) is 0 Å². The van der Waals surface area contributed by atoms with E-state index < -0.39 is 18.1 Å². The van der Waals surface area contributed by atoms with Gasteiger partial charge in [0.15, 0.2) is 6.23 Å². The van der Waals surface area contributed by atoms with Crippen LogP contribution < -0.4 is 4.90 Å². The van der Waals surface area contributed by atoms with Gasteiger partial charge in [-0.25, -0.2) is 9.97 Å². The Kier molecular flexibility index (Phi) is 7.92. The van der Waals surface area contributed by atoms with Gasteiger partial charge >= 0.3 is 5.97 Å². The minimum Gasteiger partial charge on any atom is -0.442 e. The molecule has 0 aromatic carbocycles. The minimum atomic E-state index is -0.626. The van der Waals surface area contributed by atoms with Crippen LogP contribution in [0.1, 0.15) is 20.1 Å². The summed E-state index contributed by atoms with van der Waals surface area (Å²) < 4.78 is 21.1. The zero-order valence-electron chi connectivity index (χ0n) is 21.9. The molecule has 0 spiro atoms. The molecule has 0 saturated heterocycles. The number of anilines is 1. The molecule has 0 aliphatic rings. The molecule has 0 N–H and O–H groups in total. The summed E-state index contributed by atoms with van der Waals surface area (Å²) in [5.41, 5.74) is 4.01. The van der Waals surface area contributed by atoms with E-state index in [1.54, 1.807) is 55.5 Å². The van der Waals surface area contributed by atoms with E-state index in [1.165, 1.54) is 30.2 Å². The van der Waals surface area contributed by atoms with Crippen molar-refractivity contribution in [2.45, 2.75) is 20.1 Å². The number of amides is 1. The van der Waals surface area contributed by atoms with Crippen LogP contribution in [0.5, 0.6) is 0 Å². The Balaban J connectivity index is 1.76. The van der Waals surface area contributed by atoms with E-state index in [1.807, 2.05) is 31.1 Å². The van der Waals surface area contributed by atoms with E-state index in [2.05, 4.69) is 15.0 Å². The van der Waals surface area contributed by atoms with Gasteiger partial charge in [-0.1, -0.05) is 6.08 Å². The van der Waals surface area contributed by atoms with Crippen LogP contribution >= 0.6 is 0 Å². The number of pyridine rings is 3. The highest BCUT2D eigenvalue weighted by molar-refractivity contribution is 6.01. The molecule has 0 bridgehead atoms. The number of aromatic nitrogens is 4. The van der Waals surface area contributed by atoms with Crippen molar-refractivity contribution in [3.8, 4) is 22.3 Å². The second-order valence-corrected chi connectivity index (χ2v) is 9.11. The molecule has 4 rings (SSSR count). The van der Waals surface area contributed by atoms with Gasteiger partial charge in [0.2, 0.25) is 11.9 Å². The van der Waals surface area contributed by atoms with Crippen LogP contribution in [0.4, 0.5) is 10.1 Å². The predicted octanol–water partition coefficient (Wildman–Crippen LogP) is 4.46. The highest BCUT2D eigenvalue weighted by Gasteiger charge is 2.19. The van der Waals surface area contributed by atoms with Crippen LogP contribution in [0.3, 0.4) is 0 Å². The van der Waals surface area contributed by atoms with Crippen LogP contribution in [-0.4, -0.2) is 64.0 Å². The number of halogens is 1. The number of hydrogen-bond acceptors (Lipinski definition) is 7. The van der Waals surface area contributed by atoms with Gasteiger partial charge in [0.05, 0.1) is 11.9 Å². The number of hydrogen-bond donors (Lipinski definition) is 0. The zero-order valence-corrected chi connectivity index (χ0v) is 21.9. The first-order valence-electron chi connectivity index (χ1n) is 12.0. The summed E-state index contributed by atoms with van der Waals surface area (Å²) in [6.07, 6.45) is 10.9. The smallest absolute Gasteiger partial charge is 0.304 e. The van der Waals surface area contributed by atoms with Crippen molar-refractivity contribution < 1.29 is 18.7 Å². The number of rotatable bonds is 8. The summed E-state index contributed by atoms with van der Waals surface area (Å²) in [5.74, 6) is -1.20. The molecule has 4 heterocycles. The first kappa shape index (κ1) is 26.6. The average molecular weight is 517 g/mol. The van der Waals surface area contributed by atoms with Gasteiger partial charge in [-0.3, -0.25) is 19.1 Å². The topological polar surface area (TPSA) is 93.5 Å². The lowest BCUT2D eigenvalue weighted by atomic mass is 10.0. The van der Waals surface area contributed by atoms with Crippen molar-refractivity contribution in [3.63, 3.8) is 0 Å². The maximum Gasteiger partial charge on any atom is 0.304 e. The molecule has 1 unspecified atom stereocenters. The van der Waals surface area contributed by atoms with Gasteiger partial charge in [-0.15, -0.1) is 0 Å². The highest BCUT2D eigenvalue weighted by Crippen LogP contribution is 2.35. The van der Waals surface area contributed by atoms with Crippen LogP contribution in [0.15, 0.2) is 67.4 Å². The standard InChI is InChI=1S/C28H29FN6O3/c1-18(38-19(2)36)35-17-25(20-8-9-31-26(29)13-20)24-12-22(15-32-28(24)35)21-11-23(16-30-14-21)34(5)27(37)7-6-10-33(3)4/h6-9,11-18H,10H2,1-5H3. The molecule has 1 atom stereocenters. The normalized spacial score (nSPS) is 12.3. The van der Waals surface area contributed by atoms with Gasteiger partial charge in [0, 0.05) is 79.5 Å². The molecular formula is C28H29FN6O3. The molecule has 0 aliphatic heterocycles. The van der Waals surface area contributed by atoms with Crippen molar-refractivity contribution >= 4 is 28.6 Å². The van der Waals surface area contributed by atoms with Crippen molar-refractivity contribution in [2.75, 3.05) is 32.6 Å². The van der Waals surface area contributed by atoms with Crippen molar-refractivity contribution in [3.05, 3.63) is 73.3 Å². The molecular weight excluding hydrogens is 487 g/mol. The van der Waals surface area contributed by atoms with Crippen LogP contribution in [-0.2, 0) is 14.3 Å². The van der Waals surface area contributed by atoms with Crippen molar-refractivity contribution in [2.24, 2.45) is 0 Å². The Morgan fingerprint density at radius 3 is 2.55 bits per heavy atom. The highest BCUT2D eigenvalue weighted by atomic mass is 19.1. The molecule has 4 aromatic heterocycles. The van der Waals surface area contributed by atoms with Gasteiger partial charge in [0.1, 0.15) is 5.65 Å². The molecule has 0 fully saturated rings. The van der Waals surface area contributed by atoms with Gasteiger partial charge in [0.25, 0.3) is 0 Å². The van der Waals surface area contributed by atoms with Crippen LogP contribution in [0, 0.1) is 5.95 Å². The summed E-state index contributed by atoms with van der Waals surface area (Å²) in [7, 11) is 5.55. The van der Waals surface area contributed by atoms with Gasteiger partial charge in [-0.2, -0.15) is 4.39 Å². The minimum absolute atomic E-state index is 0.169. The molecule has 38 heavy (non-hydrogen) atoms. The molecule has 0 aliphatic carbocycles. The number of fused-ring (bicyclic) bond motifs is 1. The quantitative estimate of drug-likeness (QED) is 0.194. The summed E-state index contributed by atoms with van der Waals surface area (Å²) in [6, 6.07) is 6.83. The maximum absolute atomic E-state index is 14.0. The average Bonchev–Trinajstić information content (AvgIpc) is 3.27. The Morgan fingerprint density at radius 1 is 1.08 bits per heavy atom. The van der Waals surface area contributed by atoms with E-state index in [9.17, 15) is 14.0 Å². The SMILES string of the molecule is CC(=O)OC(C)n1cc(-c2ccnc(F)c2)c2cc(-c3cncc(N(C)C(=O)C=CCN(C)C)c3)cnc21. The lowest BCUT2D eigenvalue weighted by molar-refractivity contribution is -0.149. The third-order valence-corrected chi connectivity index (χ3v) is 5.94. The molecule has 0 radical (unpaired) electrons. The predicted molar refractivity (Wildman–Crippen MR) is 144 cm³/mol. The largest absolute Gasteiger partial charge is 0.442 e. The number of carbonyl (C=O) groups is 2. The lowest BCUT2D eigenvalue weighted by Crippen LogP contribution is -2.24. The molecule has 9 nitrogen and oxygen atoms in total. The van der Waals surface area contributed by atoms with E-state index in [4.69, 9.17) is 4.74 Å². The number of nitrogens with zero attached hydrogens (tertiary/aromatic N) is 6. The second-order valence-electron chi connectivity index (χ2n) is 9.11. The molecule has 1 amide bonds. The second kappa shape index (κ2) is 11.3. The molecule has 10 heteroatoms. The monoisotopic (exact) mass is 516 g/mol. The fourth-order valence-corrected chi connectivity index (χ4v) is 4.04. The molecule has 196 valence electrons. The first-order valence-corrected chi connectivity index (χ1v) is 12.0. The summed E-state index contributed by atoms with van der Waals surface area (Å²) in [5, 5.41) is 0.730. The van der Waals surface area contributed by atoms with E-state index in [0.29, 0.717) is 29.0 Å². The lowest BCUT2D eigenvalue weighted by Gasteiger charge is -2.16. The number of carbonyl (C=O) groups excluding carboxylic acids is 2. The molecule has 0 saturated carbocycles. The Bertz CT molecular complexity index is 1510. The summed E-state index contributed by atoms with van der Waals surface area (Å²) in [6.45, 7) is 3.73. The maximum atomic E-state index is 14.0. The Labute approximate surface area is 220 Å². The van der Waals surface area contributed by atoms with Crippen molar-refractivity contribution in [1.82, 2.24) is 24.4 Å². The third-order valence-electron chi connectivity index (χ3n) is 5.94. The fourth-order valence-electron chi connectivity index (χ4n) is 4.04. The third kappa shape index (κ3) is 5.92. The fraction of sp³-hybridized carbons (Fsp3) is 0.250. The first-order chi connectivity index (χ1) is 18.1. The van der Waals surface area contributed by atoms with Crippen LogP contribution in [0.25, 0.3) is 33.3 Å². The zero-order chi connectivity index (χ0) is 27.4. The number of ether oxygens (including phenoxy) is 1. The van der Waals surface area contributed by atoms with Gasteiger partial charge < -0.3 is 14.5 Å². The summed E-state index contributed by atoms with van der Waals surface area (Å²) >= 11 is 0. The van der Waals surface area contributed by atoms with Crippen molar-refractivity contribution in [1.29, 1.82) is 0 Å². The van der Waals surface area contributed by atoms with E-state index >= 15 is 0 Å². The summed E-state index contributed by atoms with van der Waals surface area (Å²) in [4.78, 5) is 40.4.